The van der Waals surface area contributed by atoms with E-state index >= 15 is 0 Å². The summed E-state index contributed by atoms with van der Waals surface area (Å²) in [5.74, 6) is 0. The van der Waals surface area contributed by atoms with Gasteiger partial charge in [0.1, 0.15) is 20.4 Å². The van der Waals surface area contributed by atoms with Gasteiger partial charge < -0.3 is 29.5 Å². The van der Waals surface area contributed by atoms with Crippen molar-refractivity contribution in [2.75, 3.05) is 40.2 Å². The summed E-state index contributed by atoms with van der Waals surface area (Å²) in [5.41, 5.74) is -0.450. The minimum atomic E-state index is -0.450. The van der Waals surface area contributed by atoms with Crippen molar-refractivity contribution in [3.8, 4) is 0 Å². The van der Waals surface area contributed by atoms with Crippen LogP contribution in [-0.4, -0.2) is 55.5 Å². The predicted octanol–water partition coefficient (Wildman–Crippen LogP) is -0.718. The maximum Gasteiger partial charge on any atom is 0.143 e. The fraction of sp³-hybridized carbons (Fsp3) is 1.00. The number of hydrogen-bond donors (Lipinski definition) is 3. The minimum Gasteiger partial charge on any atom is -0.371 e. The van der Waals surface area contributed by atoms with Gasteiger partial charge in [0.25, 0.3) is 0 Å². The van der Waals surface area contributed by atoms with Crippen molar-refractivity contribution in [1.29, 1.82) is 0 Å². The second kappa shape index (κ2) is 9.02. The standard InChI is InChI=1S/C9H20O6/c1-2-9(3-13-6-10,4-14-7-11)5-15-8-12/h10-12H,2-8H2,1H3. The largest absolute Gasteiger partial charge is 0.371 e. The Balaban J connectivity index is 4.16. The molecule has 0 bridgehead atoms. The Kier molecular flexibility index (Phi) is 8.88. The van der Waals surface area contributed by atoms with Gasteiger partial charge >= 0.3 is 0 Å². The molecule has 0 radical (unpaired) electrons. The maximum atomic E-state index is 8.57. The lowest BCUT2D eigenvalue weighted by molar-refractivity contribution is -0.133. The third-order valence-electron chi connectivity index (χ3n) is 2.25. The molecule has 0 aliphatic heterocycles. The highest BCUT2D eigenvalue weighted by molar-refractivity contribution is 4.77. The zero-order valence-corrected chi connectivity index (χ0v) is 9.02. The molecule has 0 saturated heterocycles. The van der Waals surface area contributed by atoms with Gasteiger partial charge in [-0.15, -0.1) is 0 Å². The van der Waals surface area contributed by atoms with Gasteiger partial charge in [-0.2, -0.15) is 0 Å². The van der Waals surface area contributed by atoms with Crippen LogP contribution in [0.1, 0.15) is 13.3 Å². The summed E-state index contributed by atoms with van der Waals surface area (Å²) in [6.45, 7) is 1.54. The molecule has 15 heavy (non-hydrogen) atoms. The molecule has 0 atom stereocenters. The number of hydrogen-bond acceptors (Lipinski definition) is 6. The van der Waals surface area contributed by atoms with E-state index in [1.165, 1.54) is 0 Å². The molecule has 0 aliphatic rings. The van der Waals surface area contributed by atoms with Crippen molar-refractivity contribution in [1.82, 2.24) is 0 Å². The van der Waals surface area contributed by atoms with Crippen molar-refractivity contribution in [2.24, 2.45) is 5.41 Å². The van der Waals surface area contributed by atoms with Gasteiger partial charge in [-0.1, -0.05) is 6.92 Å². The van der Waals surface area contributed by atoms with E-state index in [2.05, 4.69) is 0 Å². The number of aliphatic hydroxyl groups is 3. The topological polar surface area (TPSA) is 88.4 Å². The Morgan fingerprint density at radius 2 is 1.13 bits per heavy atom. The van der Waals surface area contributed by atoms with Crippen molar-refractivity contribution in [3.63, 3.8) is 0 Å². The van der Waals surface area contributed by atoms with Gasteiger partial charge in [-0.05, 0) is 6.42 Å². The quantitative estimate of drug-likeness (QED) is 0.424. The molecule has 0 rings (SSSR count). The summed E-state index contributed by atoms with van der Waals surface area (Å²) in [5, 5.41) is 25.7. The van der Waals surface area contributed by atoms with Crippen LogP contribution in [0.2, 0.25) is 0 Å². The lowest BCUT2D eigenvalue weighted by Gasteiger charge is -2.31. The molecule has 0 aromatic heterocycles. The molecular weight excluding hydrogens is 204 g/mol. The molecule has 0 unspecified atom stereocenters. The third kappa shape index (κ3) is 6.03. The fourth-order valence-electron chi connectivity index (χ4n) is 1.22. The highest BCUT2D eigenvalue weighted by Crippen LogP contribution is 2.23. The van der Waals surface area contributed by atoms with Gasteiger partial charge in [0, 0.05) is 5.41 Å². The van der Waals surface area contributed by atoms with Crippen LogP contribution in [0.5, 0.6) is 0 Å². The lowest BCUT2D eigenvalue weighted by atomic mass is 9.88. The van der Waals surface area contributed by atoms with Gasteiger partial charge in [0.2, 0.25) is 0 Å². The van der Waals surface area contributed by atoms with E-state index in [-0.39, 0.29) is 40.2 Å². The van der Waals surface area contributed by atoms with Gasteiger partial charge in [-0.3, -0.25) is 0 Å². The summed E-state index contributed by atoms with van der Waals surface area (Å²) in [6, 6.07) is 0. The van der Waals surface area contributed by atoms with Crippen LogP contribution < -0.4 is 0 Å². The highest BCUT2D eigenvalue weighted by Gasteiger charge is 2.29. The smallest absolute Gasteiger partial charge is 0.143 e. The molecule has 3 N–H and O–H groups in total. The van der Waals surface area contributed by atoms with Crippen LogP contribution >= 0.6 is 0 Å². The second-order valence-electron chi connectivity index (χ2n) is 3.29. The minimum absolute atomic E-state index is 0.250. The Bertz CT molecular complexity index is 119. The fourth-order valence-corrected chi connectivity index (χ4v) is 1.22. The van der Waals surface area contributed by atoms with Crippen LogP contribution in [0.25, 0.3) is 0 Å². The van der Waals surface area contributed by atoms with Crippen molar-refractivity contribution >= 4 is 0 Å². The zero-order chi connectivity index (χ0) is 11.6. The van der Waals surface area contributed by atoms with Gasteiger partial charge in [0.05, 0.1) is 19.8 Å². The van der Waals surface area contributed by atoms with Crippen molar-refractivity contribution < 1.29 is 29.5 Å². The zero-order valence-electron chi connectivity index (χ0n) is 9.02. The Morgan fingerprint density at radius 3 is 1.33 bits per heavy atom. The van der Waals surface area contributed by atoms with E-state index < -0.39 is 5.41 Å². The average molecular weight is 224 g/mol. The van der Waals surface area contributed by atoms with Crippen LogP contribution in [0.3, 0.4) is 0 Å². The summed E-state index contributed by atoms with van der Waals surface area (Å²) >= 11 is 0. The molecule has 0 saturated carbocycles. The molecule has 6 heteroatoms. The first-order chi connectivity index (χ1) is 7.24. The molecule has 0 amide bonds. The monoisotopic (exact) mass is 224 g/mol. The van der Waals surface area contributed by atoms with E-state index in [4.69, 9.17) is 29.5 Å². The summed E-state index contributed by atoms with van der Waals surface area (Å²) in [6.07, 6.45) is 0.688. The van der Waals surface area contributed by atoms with Crippen molar-refractivity contribution in [3.05, 3.63) is 0 Å². The average Bonchev–Trinajstić information content (AvgIpc) is 2.29. The molecule has 0 aromatic rings. The van der Waals surface area contributed by atoms with Gasteiger partial charge in [0.15, 0.2) is 0 Å². The third-order valence-corrected chi connectivity index (χ3v) is 2.25. The number of aliphatic hydroxyl groups excluding tert-OH is 3. The van der Waals surface area contributed by atoms with E-state index in [9.17, 15) is 0 Å². The molecule has 0 aromatic carbocycles. The molecule has 6 nitrogen and oxygen atoms in total. The van der Waals surface area contributed by atoms with Crippen LogP contribution in [0.4, 0.5) is 0 Å². The summed E-state index contributed by atoms with van der Waals surface area (Å²) in [4.78, 5) is 0. The molecule has 0 aliphatic carbocycles. The van der Waals surface area contributed by atoms with Crippen LogP contribution in [0.15, 0.2) is 0 Å². The summed E-state index contributed by atoms with van der Waals surface area (Å²) < 4.78 is 14.7. The maximum absolute atomic E-state index is 8.57. The first kappa shape index (κ1) is 14.8. The Morgan fingerprint density at radius 1 is 0.800 bits per heavy atom. The molecule has 0 fully saturated rings. The van der Waals surface area contributed by atoms with Crippen LogP contribution in [-0.2, 0) is 14.2 Å². The number of rotatable bonds is 10. The SMILES string of the molecule is CCC(COCO)(COCO)COCO. The second-order valence-corrected chi connectivity index (χ2v) is 3.29. The summed E-state index contributed by atoms with van der Waals surface area (Å²) in [7, 11) is 0. The molecule has 0 spiro atoms. The first-order valence-corrected chi connectivity index (χ1v) is 4.80. The van der Waals surface area contributed by atoms with E-state index in [1.54, 1.807) is 0 Å². The molecule has 0 heterocycles. The Hall–Kier alpha value is -0.240. The van der Waals surface area contributed by atoms with Crippen LogP contribution in [0, 0.1) is 5.41 Å². The predicted molar refractivity (Wildman–Crippen MR) is 51.8 cm³/mol. The van der Waals surface area contributed by atoms with Gasteiger partial charge in [-0.25, -0.2) is 0 Å². The molecule has 92 valence electrons. The number of ether oxygens (including phenoxy) is 3. The lowest BCUT2D eigenvalue weighted by Crippen LogP contribution is -2.37. The van der Waals surface area contributed by atoms with E-state index in [1.807, 2.05) is 6.92 Å². The Labute approximate surface area is 89.4 Å². The highest BCUT2D eigenvalue weighted by atomic mass is 16.6. The normalized spacial score (nSPS) is 12.0. The van der Waals surface area contributed by atoms with E-state index in [0.717, 1.165) is 0 Å². The van der Waals surface area contributed by atoms with Crippen molar-refractivity contribution in [2.45, 2.75) is 13.3 Å². The first-order valence-electron chi connectivity index (χ1n) is 4.80. The van der Waals surface area contributed by atoms with E-state index in [0.29, 0.717) is 6.42 Å². The molecular formula is C9H20O6.